The molecular weight excluding hydrogens is 448 g/mol. The highest BCUT2D eigenvalue weighted by Gasteiger charge is 2.31. The zero-order chi connectivity index (χ0) is 23.7. The van der Waals surface area contributed by atoms with Crippen LogP contribution in [0.3, 0.4) is 0 Å². The summed E-state index contributed by atoms with van der Waals surface area (Å²) in [4.78, 5) is 15.9. The lowest BCUT2D eigenvalue weighted by atomic mass is 10.2. The fourth-order valence-electron chi connectivity index (χ4n) is 4.10. The van der Waals surface area contributed by atoms with Gasteiger partial charge in [-0.1, -0.05) is 35.9 Å². The molecule has 0 radical (unpaired) electrons. The van der Waals surface area contributed by atoms with Crippen LogP contribution in [0.15, 0.2) is 71.8 Å². The quantitative estimate of drug-likeness (QED) is 0.469. The number of aromatic nitrogens is 3. The molecule has 2 aromatic carbocycles. The first-order valence-electron chi connectivity index (χ1n) is 11.2. The molecule has 5 rings (SSSR count). The van der Waals surface area contributed by atoms with Gasteiger partial charge in [0.1, 0.15) is 10.7 Å². The van der Waals surface area contributed by atoms with E-state index in [2.05, 4.69) is 20.3 Å². The van der Waals surface area contributed by atoms with Crippen molar-refractivity contribution in [2.75, 3.05) is 36.4 Å². The molecule has 9 heteroatoms. The third-order valence-electron chi connectivity index (χ3n) is 5.90. The molecule has 1 aliphatic heterocycles. The number of piperazine rings is 1. The van der Waals surface area contributed by atoms with Gasteiger partial charge in [0.15, 0.2) is 0 Å². The van der Waals surface area contributed by atoms with Gasteiger partial charge in [0.05, 0.1) is 5.52 Å². The Morgan fingerprint density at radius 2 is 1.62 bits per heavy atom. The van der Waals surface area contributed by atoms with E-state index >= 15 is 0 Å². The molecule has 1 saturated heterocycles. The van der Waals surface area contributed by atoms with Crippen LogP contribution in [0, 0.1) is 13.8 Å². The van der Waals surface area contributed by atoms with Crippen molar-refractivity contribution in [3.05, 3.63) is 78.1 Å². The molecule has 0 spiro atoms. The van der Waals surface area contributed by atoms with Crippen LogP contribution in [0.25, 0.3) is 10.9 Å². The second-order valence-electron chi connectivity index (χ2n) is 8.41. The topological polar surface area (TPSA) is 91.3 Å². The Bertz CT molecular complexity index is 1430. The van der Waals surface area contributed by atoms with Crippen molar-refractivity contribution in [1.82, 2.24) is 19.3 Å². The van der Waals surface area contributed by atoms with Crippen LogP contribution in [0.4, 0.5) is 17.5 Å². The summed E-state index contributed by atoms with van der Waals surface area (Å²) in [6, 6.07) is 19.0. The van der Waals surface area contributed by atoms with Crippen molar-refractivity contribution >= 4 is 38.4 Å². The molecule has 1 fully saturated rings. The minimum atomic E-state index is -3.66. The SMILES string of the molecule is Cc1ccc(Nc2cc(C)nc(N3CCN(S(=O)(=O)c4cccc5cccnc45)CC3)n2)cc1. The van der Waals surface area contributed by atoms with E-state index in [-0.39, 0.29) is 4.90 Å². The maximum absolute atomic E-state index is 13.4. The Labute approximate surface area is 199 Å². The molecule has 4 aromatic rings. The molecular formula is C25H26N6O2S. The van der Waals surface area contributed by atoms with E-state index in [1.54, 1.807) is 24.4 Å². The van der Waals surface area contributed by atoms with Crippen molar-refractivity contribution in [1.29, 1.82) is 0 Å². The first kappa shape index (κ1) is 22.2. The Morgan fingerprint density at radius 1 is 0.882 bits per heavy atom. The van der Waals surface area contributed by atoms with Crippen molar-refractivity contribution in [3.63, 3.8) is 0 Å². The smallest absolute Gasteiger partial charge is 0.245 e. The largest absolute Gasteiger partial charge is 0.340 e. The van der Waals surface area contributed by atoms with Gasteiger partial charge < -0.3 is 10.2 Å². The Kier molecular flexibility index (Phi) is 5.89. The standard InChI is InChI=1S/C25H26N6O2S/c1-18-8-10-21(11-9-18)28-23-17-19(2)27-25(29-23)30-13-15-31(16-14-30)34(32,33)22-7-3-5-20-6-4-12-26-24(20)22/h3-12,17H,13-16H2,1-2H3,(H,27,28,29). The van der Waals surface area contributed by atoms with Crippen molar-refractivity contribution < 1.29 is 8.42 Å². The molecule has 0 saturated carbocycles. The number of anilines is 3. The summed E-state index contributed by atoms with van der Waals surface area (Å²) < 4.78 is 28.3. The van der Waals surface area contributed by atoms with E-state index in [4.69, 9.17) is 0 Å². The highest BCUT2D eigenvalue weighted by molar-refractivity contribution is 7.89. The number of rotatable bonds is 5. The van der Waals surface area contributed by atoms with Gasteiger partial charge in [0.25, 0.3) is 0 Å². The maximum atomic E-state index is 13.4. The molecule has 0 unspecified atom stereocenters. The molecule has 1 aliphatic rings. The van der Waals surface area contributed by atoms with Crippen LogP contribution in [0.1, 0.15) is 11.3 Å². The van der Waals surface area contributed by atoms with E-state index in [1.165, 1.54) is 9.87 Å². The second-order valence-corrected chi connectivity index (χ2v) is 10.3. The number of pyridine rings is 1. The molecule has 174 valence electrons. The van der Waals surface area contributed by atoms with Crippen molar-refractivity contribution in [3.8, 4) is 0 Å². The lowest BCUT2D eigenvalue weighted by Gasteiger charge is -2.34. The second kappa shape index (κ2) is 9.00. The number of hydrogen-bond acceptors (Lipinski definition) is 7. The first-order valence-corrected chi connectivity index (χ1v) is 12.6. The molecule has 2 aromatic heterocycles. The number of sulfonamides is 1. The molecule has 0 atom stereocenters. The molecule has 34 heavy (non-hydrogen) atoms. The summed E-state index contributed by atoms with van der Waals surface area (Å²) in [5.74, 6) is 1.31. The van der Waals surface area contributed by atoms with Gasteiger partial charge in [0.2, 0.25) is 16.0 Å². The number of fused-ring (bicyclic) bond motifs is 1. The van der Waals surface area contributed by atoms with Gasteiger partial charge in [-0.15, -0.1) is 0 Å². The van der Waals surface area contributed by atoms with E-state index in [9.17, 15) is 8.42 Å². The summed E-state index contributed by atoms with van der Waals surface area (Å²) in [6.07, 6.45) is 1.62. The molecule has 0 bridgehead atoms. The minimum Gasteiger partial charge on any atom is -0.340 e. The number of aryl methyl sites for hydroxylation is 2. The highest BCUT2D eigenvalue weighted by atomic mass is 32.2. The molecule has 1 N–H and O–H groups in total. The summed E-state index contributed by atoms with van der Waals surface area (Å²) in [7, 11) is -3.66. The predicted octanol–water partition coefficient (Wildman–Crippen LogP) is 3.90. The molecule has 0 aliphatic carbocycles. The Morgan fingerprint density at radius 3 is 2.38 bits per heavy atom. The zero-order valence-corrected chi connectivity index (χ0v) is 20.0. The van der Waals surface area contributed by atoms with Crippen LogP contribution in [-0.4, -0.2) is 53.9 Å². The van der Waals surface area contributed by atoms with Crippen LogP contribution in [0.5, 0.6) is 0 Å². The molecule has 3 heterocycles. The average molecular weight is 475 g/mol. The van der Waals surface area contributed by atoms with E-state index < -0.39 is 10.0 Å². The van der Waals surface area contributed by atoms with Crippen LogP contribution < -0.4 is 10.2 Å². The van der Waals surface area contributed by atoms with Gasteiger partial charge in [-0.2, -0.15) is 9.29 Å². The predicted molar refractivity (Wildman–Crippen MR) is 134 cm³/mol. The lowest BCUT2D eigenvalue weighted by molar-refractivity contribution is 0.383. The van der Waals surface area contributed by atoms with Crippen molar-refractivity contribution in [2.45, 2.75) is 18.7 Å². The van der Waals surface area contributed by atoms with Crippen LogP contribution in [0.2, 0.25) is 0 Å². The molecule has 0 amide bonds. The number of nitrogens with zero attached hydrogens (tertiary/aromatic N) is 5. The number of benzene rings is 2. The summed E-state index contributed by atoms with van der Waals surface area (Å²) in [5, 5.41) is 4.14. The van der Waals surface area contributed by atoms with E-state index in [0.717, 1.165) is 16.8 Å². The minimum absolute atomic E-state index is 0.246. The average Bonchev–Trinajstić information content (AvgIpc) is 2.85. The summed E-state index contributed by atoms with van der Waals surface area (Å²) in [6.45, 7) is 5.69. The third-order valence-corrected chi connectivity index (χ3v) is 7.83. The number of nitrogens with one attached hydrogen (secondary N) is 1. The van der Waals surface area contributed by atoms with Crippen LogP contribution in [-0.2, 0) is 10.0 Å². The van der Waals surface area contributed by atoms with Crippen molar-refractivity contribution in [2.24, 2.45) is 0 Å². The summed E-state index contributed by atoms with van der Waals surface area (Å²) >= 11 is 0. The normalized spacial score (nSPS) is 14.9. The fourth-order valence-corrected chi connectivity index (χ4v) is 5.68. The Balaban J connectivity index is 1.33. The number of para-hydroxylation sites is 1. The van der Waals surface area contributed by atoms with Crippen LogP contribution >= 0.6 is 0 Å². The van der Waals surface area contributed by atoms with Gasteiger partial charge in [0, 0.05) is 55.2 Å². The number of hydrogen-bond donors (Lipinski definition) is 1. The zero-order valence-electron chi connectivity index (χ0n) is 19.1. The monoisotopic (exact) mass is 474 g/mol. The Hall–Kier alpha value is -3.56. The highest BCUT2D eigenvalue weighted by Crippen LogP contribution is 2.26. The lowest BCUT2D eigenvalue weighted by Crippen LogP contribution is -2.49. The van der Waals surface area contributed by atoms with E-state index in [0.29, 0.717) is 43.5 Å². The van der Waals surface area contributed by atoms with Gasteiger partial charge >= 0.3 is 0 Å². The third kappa shape index (κ3) is 4.44. The van der Waals surface area contributed by atoms with Gasteiger partial charge in [-0.25, -0.2) is 13.4 Å². The van der Waals surface area contributed by atoms with E-state index in [1.807, 2.05) is 61.2 Å². The summed E-state index contributed by atoms with van der Waals surface area (Å²) in [5.41, 5.74) is 3.49. The first-order chi connectivity index (χ1) is 16.4. The van der Waals surface area contributed by atoms with Gasteiger partial charge in [-0.3, -0.25) is 4.98 Å². The fraction of sp³-hybridized carbons (Fsp3) is 0.240. The molecule has 8 nitrogen and oxygen atoms in total. The van der Waals surface area contributed by atoms with Gasteiger partial charge in [-0.05, 0) is 38.1 Å². The maximum Gasteiger partial charge on any atom is 0.245 e.